The van der Waals surface area contributed by atoms with Crippen molar-refractivity contribution in [3.8, 4) is 11.3 Å². The molecule has 158 valence electrons. The minimum absolute atomic E-state index is 0.227. The summed E-state index contributed by atoms with van der Waals surface area (Å²) >= 11 is 1.58. The second-order valence-corrected chi connectivity index (χ2v) is 10.0. The second-order valence-electron chi connectivity index (χ2n) is 9.15. The highest BCUT2D eigenvalue weighted by molar-refractivity contribution is 7.17. The highest BCUT2D eigenvalue weighted by Gasteiger charge is 2.30. The van der Waals surface area contributed by atoms with Crippen LogP contribution in [0.5, 0.6) is 0 Å². The molecule has 4 heterocycles. The Balaban J connectivity index is 2.13. The minimum atomic E-state index is -0.587. The molecular weight excluding hydrogens is 396 g/mol. The molecule has 0 fully saturated rings. The first kappa shape index (κ1) is 20.6. The molecule has 4 rings (SSSR count). The molecule has 0 spiro atoms. The number of fused-ring (bicyclic) bond motifs is 2. The Morgan fingerprint density at radius 2 is 1.87 bits per heavy atom. The van der Waals surface area contributed by atoms with Crippen molar-refractivity contribution >= 4 is 33.3 Å². The molecule has 0 atom stereocenters. The Kier molecular flexibility index (Phi) is 4.77. The van der Waals surface area contributed by atoms with E-state index in [1.807, 2.05) is 33.9 Å². The van der Waals surface area contributed by atoms with Gasteiger partial charge < -0.3 is 4.74 Å². The number of rotatable bonds is 2. The van der Waals surface area contributed by atoms with Gasteiger partial charge in [0.25, 0.3) is 0 Å². The summed E-state index contributed by atoms with van der Waals surface area (Å²) in [6, 6.07) is 0. The van der Waals surface area contributed by atoms with Crippen molar-refractivity contribution in [1.82, 2.24) is 19.2 Å². The van der Waals surface area contributed by atoms with Crippen LogP contribution in [0.1, 0.15) is 62.8 Å². The lowest BCUT2D eigenvalue weighted by Crippen LogP contribution is -2.27. The van der Waals surface area contributed by atoms with Crippen molar-refractivity contribution in [1.29, 1.82) is 0 Å². The summed E-state index contributed by atoms with van der Waals surface area (Å²) in [5.41, 5.74) is 6.59. The van der Waals surface area contributed by atoms with Crippen LogP contribution < -0.4 is 0 Å². The maximum absolute atomic E-state index is 13.4. The predicted molar refractivity (Wildman–Crippen MR) is 122 cm³/mol. The number of carbonyl (C=O) groups excluding carboxylic acids is 1. The highest BCUT2D eigenvalue weighted by Crippen LogP contribution is 2.44. The van der Waals surface area contributed by atoms with Crippen LogP contribution in [0.15, 0.2) is 17.9 Å². The predicted octanol–water partition coefficient (Wildman–Crippen LogP) is 6.24. The van der Waals surface area contributed by atoms with Crippen LogP contribution in [0.3, 0.4) is 0 Å². The Morgan fingerprint density at radius 1 is 1.17 bits per heavy atom. The monoisotopic (exact) mass is 424 g/mol. The molecule has 0 aliphatic carbocycles. The zero-order chi connectivity index (χ0) is 22.0. The standard InChI is InChI=1S/C23H28N4O2S/c1-12(2)17-18-13(3)10-30-21(18)27(22(28)29-23(6,7)8)19(17)16-9-26-20(24-11-25-26)15(5)14(16)4/h9-12H,1-8H3. The van der Waals surface area contributed by atoms with E-state index < -0.39 is 5.60 Å². The van der Waals surface area contributed by atoms with Gasteiger partial charge >= 0.3 is 6.09 Å². The van der Waals surface area contributed by atoms with Gasteiger partial charge in [0.05, 0.1) is 5.69 Å². The Morgan fingerprint density at radius 3 is 2.50 bits per heavy atom. The maximum atomic E-state index is 13.4. The van der Waals surface area contributed by atoms with Crippen molar-refractivity contribution in [3.05, 3.63) is 40.2 Å². The lowest BCUT2D eigenvalue weighted by atomic mass is 9.93. The first-order valence-corrected chi connectivity index (χ1v) is 11.0. The summed E-state index contributed by atoms with van der Waals surface area (Å²) in [7, 11) is 0. The summed E-state index contributed by atoms with van der Waals surface area (Å²) in [6.45, 7) is 16.3. The molecule has 0 aromatic carbocycles. The van der Waals surface area contributed by atoms with Crippen molar-refractivity contribution in [2.24, 2.45) is 0 Å². The fourth-order valence-corrected chi connectivity index (χ4v) is 5.08. The number of aryl methyl sites for hydroxylation is 2. The first-order chi connectivity index (χ1) is 14.0. The van der Waals surface area contributed by atoms with Crippen molar-refractivity contribution in [3.63, 3.8) is 0 Å². The van der Waals surface area contributed by atoms with Crippen molar-refractivity contribution < 1.29 is 9.53 Å². The van der Waals surface area contributed by atoms with E-state index in [-0.39, 0.29) is 12.0 Å². The smallest absolute Gasteiger partial charge is 0.420 e. The van der Waals surface area contributed by atoms with E-state index in [9.17, 15) is 4.79 Å². The summed E-state index contributed by atoms with van der Waals surface area (Å²) in [5.74, 6) is 0.227. The van der Waals surface area contributed by atoms with Crippen LogP contribution in [-0.4, -0.2) is 30.9 Å². The molecule has 0 radical (unpaired) electrons. The molecule has 0 unspecified atom stereocenters. The van der Waals surface area contributed by atoms with Gasteiger partial charge in [-0.05, 0) is 75.1 Å². The lowest BCUT2D eigenvalue weighted by Gasteiger charge is -2.22. The van der Waals surface area contributed by atoms with Crippen molar-refractivity contribution in [2.45, 2.75) is 66.9 Å². The molecule has 6 nitrogen and oxygen atoms in total. The molecule has 7 heteroatoms. The molecular formula is C23H28N4O2S. The first-order valence-electron chi connectivity index (χ1n) is 10.2. The third-order valence-electron chi connectivity index (χ3n) is 5.44. The maximum Gasteiger partial charge on any atom is 0.420 e. The number of carbonyl (C=O) groups is 1. The van der Waals surface area contributed by atoms with E-state index in [0.717, 1.165) is 43.8 Å². The largest absolute Gasteiger partial charge is 0.443 e. The van der Waals surface area contributed by atoms with Gasteiger partial charge in [-0.3, -0.25) is 0 Å². The fourth-order valence-electron chi connectivity index (χ4n) is 4.01. The molecule has 30 heavy (non-hydrogen) atoms. The quantitative estimate of drug-likeness (QED) is 0.382. The average molecular weight is 425 g/mol. The second kappa shape index (κ2) is 6.94. The molecule has 0 saturated carbocycles. The Hall–Kier alpha value is -2.67. The van der Waals surface area contributed by atoms with Gasteiger partial charge in [0, 0.05) is 17.1 Å². The fraction of sp³-hybridized carbons (Fsp3) is 0.435. The normalized spacial score (nSPS) is 12.4. The molecule has 4 aromatic rings. The van der Waals surface area contributed by atoms with Gasteiger partial charge in [-0.1, -0.05) is 13.8 Å². The van der Waals surface area contributed by atoms with Crippen molar-refractivity contribution in [2.75, 3.05) is 0 Å². The molecule has 0 aliphatic rings. The number of ether oxygens (including phenoxy) is 1. The summed E-state index contributed by atoms with van der Waals surface area (Å²) in [5, 5.41) is 7.61. The summed E-state index contributed by atoms with van der Waals surface area (Å²) in [4.78, 5) is 18.7. The van der Waals surface area contributed by atoms with E-state index in [2.05, 4.69) is 43.2 Å². The number of hydrogen-bond donors (Lipinski definition) is 0. The summed E-state index contributed by atoms with van der Waals surface area (Å²) in [6.07, 6.45) is 3.18. The van der Waals surface area contributed by atoms with E-state index in [1.165, 1.54) is 5.56 Å². The third kappa shape index (κ3) is 3.12. The topological polar surface area (TPSA) is 61.4 Å². The van der Waals surface area contributed by atoms with Gasteiger partial charge in [0.15, 0.2) is 5.65 Å². The Labute approximate surface area is 180 Å². The van der Waals surface area contributed by atoms with E-state index in [1.54, 1.807) is 26.7 Å². The zero-order valence-electron chi connectivity index (χ0n) is 18.8. The Bertz CT molecular complexity index is 1280. The molecule has 0 bridgehead atoms. The number of aromatic nitrogens is 4. The van der Waals surface area contributed by atoms with E-state index >= 15 is 0 Å². The van der Waals surface area contributed by atoms with Gasteiger partial charge in [0.2, 0.25) is 0 Å². The summed E-state index contributed by atoms with van der Waals surface area (Å²) < 4.78 is 9.38. The number of nitrogens with zero attached hydrogens (tertiary/aromatic N) is 4. The highest BCUT2D eigenvalue weighted by atomic mass is 32.1. The van der Waals surface area contributed by atoms with Crippen LogP contribution >= 0.6 is 11.3 Å². The van der Waals surface area contributed by atoms with E-state index in [4.69, 9.17) is 4.74 Å². The zero-order valence-corrected chi connectivity index (χ0v) is 19.6. The average Bonchev–Trinajstić information content (AvgIpc) is 3.31. The molecule has 0 N–H and O–H groups in total. The number of thiophene rings is 1. The van der Waals surface area contributed by atoms with Crippen LogP contribution in [-0.2, 0) is 4.74 Å². The third-order valence-corrected chi connectivity index (χ3v) is 6.52. The van der Waals surface area contributed by atoms with Crippen LogP contribution in [0.4, 0.5) is 4.79 Å². The van der Waals surface area contributed by atoms with E-state index in [0.29, 0.717) is 0 Å². The van der Waals surface area contributed by atoms with Gasteiger partial charge in [0.1, 0.15) is 16.8 Å². The number of pyridine rings is 1. The van der Waals surface area contributed by atoms with Crippen LogP contribution in [0.25, 0.3) is 27.1 Å². The molecule has 4 aromatic heterocycles. The van der Waals surface area contributed by atoms with Gasteiger partial charge in [-0.25, -0.2) is 18.9 Å². The lowest BCUT2D eigenvalue weighted by molar-refractivity contribution is 0.0547. The molecule has 0 amide bonds. The molecule has 0 saturated heterocycles. The van der Waals surface area contributed by atoms with Gasteiger partial charge in [-0.2, -0.15) is 5.10 Å². The number of hydrogen-bond acceptors (Lipinski definition) is 5. The molecule has 0 aliphatic heterocycles. The SMILES string of the molecule is Cc1c(-c2c(C(C)C)c3c(C)csc3n2C(=O)OC(C)(C)C)cn2ncnc2c1C. The van der Waals surface area contributed by atoms with Gasteiger partial charge in [-0.15, -0.1) is 11.3 Å². The minimum Gasteiger partial charge on any atom is -0.443 e. The van der Waals surface area contributed by atoms with Crippen LogP contribution in [0.2, 0.25) is 0 Å². The van der Waals surface area contributed by atoms with Crippen LogP contribution in [0, 0.1) is 20.8 Å².